The normalized spacial score (nSPS) is 17.6. The lowest BCUT2D eigenvalue weighted by molar-refractivity contribution is 0.628. The molecule has 116 valence electrons. The Bertz CT molecular complexity index is 783. The van der Waals surface area contributed by atoms with Crippen LogP contribution in [0.5, 0.6) is 0 Å². The maximum absolute atomic E-state index is 13.0. The summed E-state index contributed by atoms with van der Waals surface area (Å²) in [6, 6.07) is 17.2. The van der Waals surface area contributed by atoms with E-state index in [-0.39, 0.29) is 5.82 Å². The summed E-state index contributed by atoms with van der Waals surface area (Å²) < 4.78 is 13.0. The number of anilines is 1. The Morgan fingerprint density at radius 2 is 1.83 bits per heavy atom. The van der Waals surface area contributed by atoms with Crippen molar-refractivity contribution in [1.29, 1.82) is 0 Å². The van der Waals surface area contributed by atoms with Gasteiger partial charge in [0.25, 0.3) is 0 Å². The first-order valence-corrected chi connectivity index (χ1v) is 8.69. The minimum atomic E-state index is -0.213. The number of hydrogen-bond acceptors (Lipinski definition) is 3. The predicted octanol–water partition coefficient (Wildman–Crippen LogP) is 4.94. The molecule has 1 aliphatic rings. The Kier molecular flexibility index (Phi) is 3.83. The summed E-state index contributed by atoms with van der Waals surface area (Å²) in [6.07, 6.45) is 1.16. The number of hydrogen-bond donors (Lipinski definition) is 0. The van der Waals surface area contributed by atoms with E-state index < -0.39 is 0 Å². The van der Waals surface area contributed by atoms with Gasteiger partial charge in [-0.25, -0.2) is 9.37 Å². The largest absolute Gasteiger partial charge is 0.347 e. The lowest BCUT2D eigenvalue weighted by Crippen LogP contribution is -2.18. The van der Waals surface area contributed by atoms with Gasteiger partial charge in [0, 0.05) is 30.0 Å². The van der Waals surface area contributed by atoms with E-state index in [1.165, 1.54) is 17.7 Å². The number of nitrogens with zero attached hydrogens (tertiary/aromatic N) is 2. The molecular weight excluding hydrogens is 307 g/mol. The second-order valence-corrected chi connectivity index (χ2v) is 6.70. The molecule has 2 aromatic carbocycles. The van der Waals surface area contributed by atoms with Crippen molar-refractivity contribution < 1.29 is 4.39 Å². The Morgan fingerprint density at radius 3 is 2.61 bits per heavy atom. The third kappa shape index (κ3) is 2.99. The van der Waals surface area contributed by atoms with Gasteiger partial charge in [0.2, 0.25) is 0 Å². The van der Waals surface area contributed by atoms with Crippen molar-refractivity contribution in [2.24, 2.45) is 0 Å². The van der Waals surface area contributed by atoms with Gasteiger partial charge in [-0.3, -0.25) is 0 Å². The van der Waals surface area contributed by atoms with Crippen molar-refractivity contribution in [3.8, 4) is 11.3 Å². The minimum Gasteiger partial charge on any atom is -0.347 e. The molecule has 1 aliphatic heterocycles. The maximum atomic E-state index is 13.0. The van der Waals surface area contributed by atoms with E-state index >= 15 is 0 Å². The minimum absolute atomic E-state index is 0.213. The summed E-state index contributed by atoms with van der Waals surface area (Å²) in [7, 11) is 0. The number of aromatic nitrogens is 1. The molecule has 0 aliphatic carbocycles. The molecule has 4 rings (SSSR count). The molecule has 0 bridgehead atoms. The highest BCUT2D eigenvalue weighted by Crippen LogP contribution is 2.34. The van der Waals surface area contributed by atoms with Crippen LogP contribution in [0.4, 0.5) is 9.52 Å². The van der Waals surface area contributed by atoms with Crippen LogP contribution >= 0.6 is 11.3 Å². The van der Waals surface area contributed by atoms with Crippen molar-refractivity contribution in [2.45, 2.75) is 12.3 Å². The van der Waals surface area contributed by atoms with Crippen LogP contribution in [0.1, 0.15) is 17.9 Å². The standard InChI is InChI=1S/C19H17FN2S/c20-17-8-6-15(7-9-17)18-13-23-19(21-18)22-11-10-16(12-22)14-4-2-1-3-5-14/h1-9,13,16H,10-12H2/t16-/m1/s1. The first kappa shape index (κ1) is 14.4. The summed E-state index contributed by atoms with van der Waals surface area (Å²) in [6.45, 7) is 2.05. The predicted molar refractivity (Wildman–Crippen MR) is 93.5 cm³/mol. The fraction of sp³-hybridized carbons (Fsp3) is 0.211. The molecule has 2 heterocycles. The maximum Gasteiger partial charge on any atom is 0.185 e. The summed E-state index contributed by atoms with van der Waals surface area (Å²) in [5.41, 5.74) is 3.30. The highest BCUT2D eigenvalue weighted by molar-refractivity contribution is 7.14. The average Bonchev–Trinajstić information content (AvgIpc) is 3.26. The fourth-order valence-electron chi connectivity index (χ4n) is 3.09. The number of rotatable bonds is 3. The van der Waals surface area contributed by atoms with Crippen molar-refractivity contribution in [1.82, 2.24) is 4.98 Å². The fourth-order valence-corrected chi connectivity index (χ4v) is 3.97. The van der Waals surface area contributed by atoms with Crippen molar-refractivity contribution >= 4 is 16.5 Å². The lowest BCUT2D eigenvalue weighted by atomic mass is 9.99. The molecule has 0 radical (unpaired) electrons. The van der Waals surface area contributed by atoms with Crippen LogP contribution in [-0.2, 0) is 0 Å². The Morgan fingerprint density at radius 1 is 1.04 bits per heavy atom. The summed E-state index contributed by atoms with van der Waals surface area (Å²) in [5.74, 6) is 0.365. The quantitative estimate of drug-likeness (QED) is 0.678. The first-order valence-electron chi connectivity index (χ1n) is 7.81. The van der Waals surface area contributed by atoms with Gasteiger partial charge in [-0.2, -0.15) is 0 Å². The molecule has 1 fully saturated rings. The zero-order chi connectivity index (χ0) is 15.6. The van der Waals surface area contributed by atoms with Crippen LogP contribution in [0.3, 0.4) is 0 Å². The number of halogens is 1. The molecular formula is C19H17FN2S. The zero-order valence-electron chi connectivity index (χ0n) is 12.7. The van der Waals surface area contributed by atoms with Gasteiger partial charge >= 0.3 is 0 Å². The molecule has 0 N–H and O–H groups in total. The second-order valence-electron chi connectivity index (χ2n) is 5.86. The molecule has 23 heavy (non-hydrogen) atoms. The monoisotopic (exact) mass is 324 g/mol. The van der Waals surface area contributed by atoms with Crippen molar-refractivity contribution in [3.05, 3.63) is 71.4 Å². The summed E-state index contributed by atoms with van der Waals surface area (Å²) in [4.78, 5) is 7.10. The van der Waals surface area contributed by atoms with E-state index in [0.717, 1.165) is 35.9 Å². The van der Waals surface area contributed by atoms with E-state index in [2.05, 4.69) is 40.6 Å². The van der Waals surface area contributed by atoms with Gasteiger partial charge in [-0.05, 0) is 36.2 Å². The highest BCUT2D eigenvalue weighted by atomic mass is 32.1. The van der Waals surface area contributed by atoms with Crippen molar-refractivity contribution in [3.63, 3.8) is 0 Å². The van der Waals surface area contributed by atoms with E-state index in [0.29, 0.717) is 5.92 Å². The van der Waals surface area contributed by atoms with Gasteiger partial charge in [0.1, 0.15) is 5.82 Å². The zero-order valence-corrected chi connectivity index (χ0v) is 13.5. The second kappa shape index (κ2) is 6.13. The van der Waals surface area contributed by atoms with Gasteiger partial charge < -0.3 is 4.90 Å². The molecule has 4 heteroatoms. The Balaban J connectivity index is 1.51. The number of thiazole rings is 1. The van der Waals surface area contributed by atoms with E-state index in [9.17, 15) is 4.39 Å². The summed E-state index contributed by atoms with van der Waals surface area (Å²) in [5, 5.41) is 3.11. The topological polar surface area (TPSA) is 16.1 Å². The van der Waals surface area contributed by atoms with Crippen LogP contribution in [0, 0.1) is 5.82 Å². The molecule has 0 unspecified atom stereocenters. The third-order valence-electron chi connectivity index (χ3n) is 4.36. The molecule has 2 nitrogen and oxygen atoms in total. The first-order chi connectivity index (χ1) is 11.3. The molecule has 0 spiro atoms. The smallest absolute Gasteiger partial charge is 0.185 e. The van der Waals surface area contributed by atoms with E-state index in [1.807, 2.05) is 0 Å². The van der Waals surface area contributed by atoms with Crippen LogP contribution in [0.2, 0.25) is 0 Å². The van der Waals surface area contributed by atoms with Crippen LogP contribution in [0.25, 0.3) is 11.3 Å². The number of benzene rings is 2. The molecule has 1 saturated heterocycles. The highest BCUT2D eigenvalue weighted by Gasteiger charge is 2.25. The molecule has 3 aromatic rings. The summed E-state index contributed by atoms with van der Waals surface area (Å²) >= 11 is 1.66. The SMILES string of the molecule is Fc1ccc(-c2csc(N3CC[C@@H](c4ccccc4)C3)n2)cc1. The molecule has 1 aromatic heterocycles. The molecule has 0 amide bonds. The Hall–Kier alpha value is -2.20. The van der Waals surface area contributed by atoms with E-state index in [4.69, 9.17) is 4.98 Å². The molecule has 1 atom stereocenters. The lowest BCUT2D eigenvalue weighted by Gasteiger charge is -2.15. The van der Waals surface area contributed by atoms with E-state index in [1.54, 1.807) is 23.5 Å². The molecule has 0 saturated carbocycles. The van der Waals surface area contributed by atoms with Gasteiger partial charge in [0.05, 0.1) is 5.69 Å². The third-order valence-corrected chi connectivity index (χ3v) is 5.26. The van der Waals surface area contributed by atoms with Gasteiger partial charge in [-0.1, -0.05) is 30.3 Å². The average molecular weight is 324 g/mol. The van der Waals surface area contributed by atoms with Gasteiger partial charge in [-0.15, -0.1) is 11.3 Å². The van der Waals surface area contributed by atoms with Crippen LogP contribution < -0.4 is 4.90 Å². The van der Waals surface area contributed by atoms with Crippen LogP contribution in [0.15, 0.2) is 60.0 Å². The van der Waals surface area contributed by atoms with Crippen molar-refractivity contribution in [2.75, 3.05) is 18.0 Å². The Labute approximate surface area is 139 Å². The van der Waals surface area contributed by atoms with Gasteiger partial charge in [0.15, 0.2) is 5.13 Å². The van der Waals surface area contributed by atoms with Crippen LogP contribution in [-0.4, -0.2) is 18.1 Å².